The van der Waals surface area contributed by atoms with Gasteiger partial charge in [-0.05, 0) is 42.2 Å². The average molecular weight is 392 g/mol. The van der Waals surface area contributed by atoms with E-state index in [4.69, 9.17) is 11.5 Å². The van der Waals surface area contributed by atoms with Gasteiger partial charge in [0.1, 0.15) is 0 Å². The first kappa shape index (κ1) is 21.4. The van der Waals surface area contributed by atoms with Crippen molar-refractivity contribution in [2.45, 2.75) is 37.3 Å². The second kappa shape index (κ2) is 9.32. The molecule has 0 amide bonds. The number of benzene rings is 2. The Kier molecular flexibility index (Phi) is 7.38. The zero-order valence-electron chi connectivity index (χ0n) is 15.8. The Balaban J connectivity index is 2.16. The standard InChI is InChI=1S/C20H29N3O3S/c1-15(2)13-23(27(25,26)18-10-8-17(21)9-11-18)14-20(24)19(22)12-16-6-4-3-5-7-16/h3-11,15,19-20,24H,12-14,21-22H2,1-2H3/t19-,20?/m0/s1. The number of anilines is 1. The van der Waals surface area contributed by atoms with Crippen LogP contribution in [0.15, 0.2) is 59.5 Å². The number of rotatable bonds is 9. The van der Waals surface area contributed by atoms with Crippen molar-refractivity contribution in [1.29, 1.82) is 0 Å². The first-order valence-electron chi connectivity index (χ1n) is 9.03. The molecule has 0 radical (unpaired) electrons. The van der Waals surface area contributed by atoms with Crippen molar-refractivity contribution in [3.63, 3.8) is 0 Å². The smallest absolute Gasteiger partial charge is 0.243 e. The molecule has 2 rings (SSSR count). The van der Waals surface area contributed by atoms with Crippen molar-refractivity contribution >= 4 is 15.7 Å². The van der Waals surface area contributed by atoms with Gasteiger partial charge in [0.15, 0.2) is 0 Å². The summed E-state index contributed by atoms with van der Waals surface area (Å²) in [4.78, 5) is 0.154. The summed E-state index contributed by atoms with van der Waals surface area (Å²) < 4.78 is 27.4. The predicted octanol–water partition coefficient (Wildman–Crippen LogP) is 1.85. The topological polar surface area (TPSA) is 110 Å². The molecule has 0 spiro atoms. The monoisotopic (exact) mass is 391 g/mol. The van der Waals surface area contributed by atoms with Crippen molar-refractivity contribution in [2.75, 3.05) is 18.8 Å². The van der Waals surface area contributed by atoms with E-state index in [0.29, 0.717) is 18.7 Å². The van der Waals surface area contributed by atoms with Gasteiger partial charge in [0.2, 0.25) is 10.0 Å². The van der Waals surface area contributed by atoms with E-state index in [1.54, 1.807) is 12.1 Å². The fourth-order valence-corrected chi connectivity index (χ4v) is 4.45. The van der Waals surface area contributed by atoms with E-state index in [2.05, 4.69) is 0 Å². The molecule has 0 aliphatic heterocycles. The number of aliphatic hydroxyl groups excluding tert-OH is 1. The number of sulfonamides is 1. The lowest BCUT2D eigenvalue weighted by molar-refractivity contribution is 0.116. The Morgan fingerprint density at radius 3 is 2.15 bits per heavy atom. The zero-order chi connectivity index (χ0) is 20.0. The molecule has 0 aliphatic rings. The molecule has 148 valence electrons. The number of nitrogens with two attached hydrogens (primary N) is 2. The summed E-state index contributed by atoms with van der Waals surface area (Å²) in [6.45, 7) is 4.10. The Morgan fingerprint density at radius 1 is 1.00 bits per heavy atom. The van der Waals surface area contributed by atoms with Crippen molar-refractivity contribution < 1.29 is 13.5 Å². The van der Waals surface area contributed by atoms with E-state index in [1.165, 1.54) is 16.4 Å². The maximum Gasteiger partial charge on any atom is 0.243 e. The van der Waals surface area contributed by atoms with Crippen molar-refractivity contribution in [3.05, 3.63) is 60.2 Å². The zero-order valence-corrected chi connectivity index (χ0v) is 16.6. The minimum absolute atomic E-state index is 0.0567. The normalized spacial score (nSPS) is 14.4. The molecule has 0 fully saturated rings. The van der Waals surface area contributed by atoms with Gasteiger partial charge in [-0.2, -0.15) is 4.31 Å². The van der Waals surface area contributed by atoms with Crippen LogP contribution < -0.4 is 11.5 Å². The number of aliphatic hydroxyl groups is 1. The van der Waals surface area contributed by atoms with Crippen LogP contribution in [-0.4, -0.2) is 43.1 Å². The van der Waals surface area contributed by atoms with Crippen LogP contribution in [-0.2, 0) is 16.4 Å². The van der Waals surface area contributed by atoms with E-state index in [0.717, 1.165) is 5.56 Å². The predicted molar refractivity (Wildman–Crippen MR) is 109 cm³/mol. The Hall–Kier alpha value is -1.93. The summed E-state index contributed by atoms with van der Waals surface area (Å²) in [7, 11) is -3.75. The summed E-state index contributed by atoms with van der Waals surface area (Å²) in [5.74, 6) is 0.103. The molecule has 6 nitrogen and oxygen atoms in total. The molecule has 0 aliphatic carbocycles. The molecular formula is C20H29N3O3S. The van der Waals surface area contributed by atoms with Crippen LogP contribution in [0.2, 0.25) is 0 Å². The molecule has 0 saturated carbocycles. The number of nitrogen functional groups attached to an aromatic ring is 1. The lowest BCUT2D eigenvalue weighted by Crippen LogP contribution is -2.47. The molecule has 1 unspecified atom stereocenters. The van der Waals surface area contributed by atoms with Gasteiger partial charge >= 0.3 is 0 Å². The first-order valence-corrected chi connectivity index (χ1v) is 10.5. The lowest BCUT2D eigenvalue weighted by atomic mass is 10.0. The van der Waals surface area contributed by atoms with Gasteiger partial charge < -0.3 is 16.6 Å². The lowest BCUT2D eigenvalue weighted by Gasteiger charge is -2.28. The minimum atomic E-state index is -3.75. The van der Waals surface area contributed by atoms with Crippen molar-refractivity contribution in [2.24, 2.45) is 11.7 Å². The minimum Gasteiger partial charge on any atom is -0.399 e. The fraction of sp³-hybridized carbons (Fsp3) is 0.400. The highest BCUT2D eigenvalue weighted by atomic mass is 32.2. The van der Waals surface area contributed by atoms with E-state index in [9.17, 15) is 13.5 Å². The second-order valence-corrected chi connectivity index (χ2v) is 9.14. The molecule has 0 aromatic heterocycles. The Labute approximate surface area is 161 Å². The van der Waals surface area contributed by atoms with Crippen LogP contribution in [0.1, 0.15) is 19.4 Å². The summed E-state index contributed by atoms with van der Waals surface area (Å²) in [6, 6.07) is 15.1. The first-order chi connectivity index (χ1) is 12.7. The highest BCUT2D eigenvalue weighted by Gasteiger charge is 2.29. The van der Waals surface area contributed by atoms with Crippen LogP contribution in [0.4, 0.5) is 5.69 Å². The van der Waals surface area contributed by atoms with Crippen LogP contribution in [0.5, 0.6) is 0 Å². The molecule has 2 atom stereocenters. The van der Waals surface area contributed by atoms with Crippen molar-refractivity contribution in [1.82, 2.24) is 4.31 Å². The van der Waals surface area contributed by atoms with E-state index >= 15 is 0 Å². The molecule has 2 aromatic carbocycles. The largest absolute Gasteiger partial charge is 0.399 e. The second-order valence-electron chi connectivity index (χ2n) is 7.21. The van der Waals surface area contributed by atoms with Gasteiger partial charge in [-0.25, -0.2) is 8.42 Å². The molecule has 0 heterocycles. The van der Waals surface area contributed by atoms with Gasteiger partial charge in [-0.15, -0.1) is 0 Å². The van der Waals surface area contributed by atoms with E-state index in [-0.39, 0.29) is 17.4 Å². The fourth-order valence-electron chi connectivity index (χ4n) is 2.83. The van der Waals surface area contributed by atoms with Gasteiger partial charge in [-0.3, -0.25) is 0 Å². The quantitative estimate of drug-likeness (QED) is 0.565. The van der Waals surface area contributed by atoms with Gasteiger partial charge in [-0.1, -0.05) is 44.2 Å². The van der Waals surface area contributed by atoms with Crippen LogP contribution in [0.25, 0.3) is 0 Å². The SMILES string of the molecule is CC(C)CN(CC(O)[C@@H](N)Cc1ccccc1)S(=O)(=O)c1ccc(N)cc1. The van der Waals surface area contributed by atoms with Crippen LogP contribution >= 0.6 is 0 Å². The summed E-state index contributed by atoms with van der Waals surface area (Å²) in [6.07, 6.45) is -0.507. The van der Waals surface area contributed by atoms with E-state index < -0.39 is 22.2 Å². The maximum absolute atomic E-state index is 13.0. The van der Waals surface area contributed by atoms with E-state index in [1.807, 2.05) is 44.2 Å². The summed E-state index contributed by atoms with van der Waals surface area (Å²) in [5.41, 5.74) is 13.3. The molecular weight excluding hydrogens is 362 g/mol. The summed E-state index contributed by atoms with van der Waals surface area (Å²) >= 11 is 0. The van der Waals surface area contributed by atoms with Gasteiger partial charge in [0.05, 0.1) is 11.0 Å². The highest BCUT2D eigenvalue weighted by Crippen LogP contribution is 2.19. The third-order valence-electron chi connectivity index (χ3n) is 4.29. The van der Waals surface area contributed by atoms with Crippen molar-refractivity contribution in [3.8, 4) is 0 Å². The van der Waals surface area contributed by atoms with Crippen LogP contribution in [0, 0.1) is 5.92 Å². The van der Waals surface area contributed by atoms with Gasteiger partial charge in [0, 0.05) is 24.8 Å². The summed E-state index contributed by atoms with van der Waals surface area (Å²) in [5, 5.41) is 10.6. The Morgan fingerprint density at radius 2 is 1.59 bits per heavy atom. The molecule has 7 heteroatoms. The molecule has 2 aromatic rings. The third-order valence-corrected chi connectivity index (χ3v) is 6.13. The number of hydrogen-bond donors (Lipinski definition) is 3. The molecule has 0 bridgehead atoms. The Bertz CT molecular complexity index is 808. The third kappa shape index (κ3) is 6.04. The molecule has 0 saturated heterocycles. The molecule has 27 heavy (non-hydrogen) atoms. The van der Waals surface area contributed by atoms with Crippen LogP contribution in [0.3, 0.4) is 0 Å². The average Bonchev–Trinajstić information content (AvgIpc) is 2.62. The maximum atomic E-state index is 13.0. The number of nitrogens with zero attached hydrogens (tertiary/aromatic N) is 1. The number of hydrogen-bond acceptors (Lipinski definition) is 5. The highest BCUT2D eigenvalue weighted by molar-refractivity contribution is 7.89. The van der Waals surface area contributed by atoms with Gasteiger partial charge in [0.25, 0.3) is 0 Å². The molecule has 5 N–H and O–H groups in total.